The third kappa shape index (κ3) is 4.84. The van der Waals surface area contributed by atoms with Crippen LogP contribution in [-0.2, 0) is 18.3 Å². The van der Waals surface area contributed by atoms with Crippen LogP contribution in [0, 0.1) is 0 Å². The molecule has 1 saturated heterocycles. The molecule has 24 heavy (non-hydrogen) atoms. The highest BCUT2D eigenvalue weighted by Crippen LogP contribution is 2.57. The largest absolute Gasteiger partial charge is 0.497 e. The Balaban J connectivity index is 2.39. The summed E-state index contributed by atoms with van der Waals surface area (Å²) in [5, 5.41) is 0. The van der Waals surface area contributed by atoms with Crippen molar-refractivity contribution in [1.82, 2.24) is 4.90 Å². The van der Waals surface area contributed by atoms with Crippen LogP contribution in [0.5, 0.6) is 5.75 Å². The minimum absolute atomic E-state index is 0.321. The van der Waals surface area contributed by atoms with Crippen molar-refractivity contribution in [2.24, 2.45) is 0 Å². The molecule has 0 aliphatic carbocycles. The van der Waals surface area contributed by atoms with Gasteiger partial charge in [-0.15, -0.1) is 0 Å². The number of methoxy groups -OCH3 is 1. The van der Waals surface area contributed by atoms with Gasteiger partial charge >= 0.3 is 7.60 Å². The monoisotopic (exact) mass is 355 g/mol. The Bertz CT molecular complexity index is 571. The van der Waals surface area contributed by atoms with Gasteiger partial charge < -0.3 is 23.4 Å². The molecule has 0 bridgehead atoms. The standard InChI is InChI=1S/C17H26NO5P/c1-4-22-24(19,23-5-2)17(18-10-12-21-13-11-18)14-15-6-8-16(20-3)9-7-15/h6-9,14H,4-5,10-13H2,1-3H3/b17-14-. The first-order valence-electron chi connectivity index (χ1n) is 8.21. The molecule has 0 spiro atoms. The molecule has 134 valence electrons. The number of hydrogen-bond acceptors (Lipinski definition) is 6. The lowest BCUT2D eigenvalue weighted by Crippen LogP contribution is -2.36. The van der Waals surface area contributed by atoms with Gasteiger partial charge in [-0.1, -0.05) is 12.1 Å². The van der Waals surface area contributed by atoms with Gasteiger partial charge in [0.2, 0.25) is 0 Å². The summed E-state index contributed by atoms with van der Waals surface area (Å²) in [4.78, 5) is 2.03. The highest BCUT2D eigenvalue weighted by atomic mass is 31.2. The fourth-order valence-electron chi connectivity index (χ4n) is 2.49. The summed E-state index contributed by atoms with van der Waals surface area (Å²) in [6.45, 7) is 6.78. The maximum absolute atomic E-state index is 13.3. The van der Waals surface area contributed by atoms with E-state index in [9.17, 15) is 4.57 Å². The van der Waals surface area contributed by atoms with E-state index in [-0.39, 0.29) is 0 Å². The second-order valence-corrected chi connectivity index (χ2v) is 7.18. The normalized spacial score (nSPS) is 16.3. The molecule has 0 amide bonds. The van der Waals surface area contributed by atoms with E-state index in [0.717, 1.165) is 11.3 Å². The van der Waals surface area contributed by atoms with E-state index in [2.05, 4.69) is 0 Å². The zero-order valence-corrected chi connectivity index (χ0v) is 15.5. The number of ether oxygens (including phenoxy) is 2. The molecule has 1 heterocycles. The fourth-order valence-corrected chi connectivity index (χ4v) is 4.37. The van der Waals surface area contributed by atoms with E-state index in [1.807, 2.05) is 49.1 Å². The number of nitrogens with zero attached hydrogens (tertiary/aromatic N) is 1. The molecule has 1 aliphatic heterocycles. The van der Waals surface area contributed by atoms with Gasteiger partial charge in [-0.05, 0) is 37.6 Å². The van der Waals surface area contributed by atoms with Crippen LogP contribution in [0.4, 0.5) is 0 Å². The van der Waals surface area contributed by atoms with Gasteiger partial charge in [-0.25, -0.2) is 0 Å². The molecule has 7 heteroatoms. The van der Waals surface area contributed by atoms with Crippen LogP contribution < -0.4 is 4.74 Å². The number of rotatable bonds is 8. The summed E-state index contributed by atoms with van der Waals surface area (Å²) in [6.07, 6.45) is 1.87. The Morgan fingerprint density at radius 3 is 2.25 bits per heavy atom. The van der Waals surface area contributed by atoms with Crippen LogP contribution >= 0.6 is 7.60 Å². The maximum Gasteiger partial charge on any atom is 0.377 e. The Kier molecular flexibility index (Phi) is 7.31. The van der Waals surface area contributed by atoms with E-state index in [1.54, 1.807) is 7.11 Å². The minimum atomic E-state index is -3.38. The molecular weight excluding hydrogens is 329 g/mol. The first-order chi connectivity index (χ1) is 11.6. The molecule has 0 saturated carbocycles. The predicted octanol–water partition coefficient (Wildman–Crippen LogP) is 3.59. The second-order valence-electron chi connectivity index (χ2n) is 5.21. The van der Waals surface area contributed by atoms with Gasteiger partial charge in [0.1, 0.15) is 11.2 Å². The lowest BCUT2D eigenvalue weighted by Gasteiger charge is -2.34. The molecule has 6 nitrogen and oxygen atoms in total. The first-order valence-corrected chi connectivity index (χ1v) is 9.75. The van der Waals surface area contributed by atoms with E-state index in [4.69, 9.17) is 18.5 Å². The van der Waals surface area contributed by atoms with Gasteiger partial charge in [0.15, 0.2) is 0 Å². The summed E-state index contributed by atoms with van der Waals surface area (Å²) in [5.74, 6) is 0.776. The van der Waals surface area contributed by atoms with E-state index in [0.29, 0.717) is 45.0 Å². The first kappa shape index (κ1) is 19.0. The highest BCUT2D eigenvalue weighted by Gasteiger charge is 2.34. The van der Waals surface area contributed by atoms with Crippen molar-refractivity contribution >= 4 is 13.7 Å². The van der Waals surface area contributed by atoms with Crippen molar-refractivity contribution in [3.8, 4) is 5.75 Å². The summed E-state index contributed by atoms with van der Waals surface area (Å²) in [6, 6.07) is 7.58. The molecule has 0 unspecified atom stereocenters. The lowest BCUT2D eigenvalue weighted by atomic mass is 10.2. The number of morpholine rings is 1. The van der Waals surface area contributed by atoms with Gasteiger partial charge in [-0.2, -0.15) is 0 Å². The van der Waals surface area contributed by atoms with Crippen LogP contribution in [0.1, 0.15) is 19.4 Å². The molecule has 2 rings (SSSR count). The van der Waals surface area contributed by atoms with Gasteiger partial charge in [-0.3, -0.25) is 4.57 Å². The van der Waals surface area contributed by atoms with Crippen LogP contribution in [0.25, 0.3) is 6.08 Å². The molecule has 1 aromatic carbocycles. The minimum Gasteiger partial charge on any atom is -0.497 e. The topological polar surface area (TPSA) is 57.2 Å². The molecule has 1 fully saturated rings. The summed E-state index contributed by atoms with van der Waals surface area (Å²) in [5.41, 5.74) is 1.50. The average molecular weight is 355 g/mol. The Morgan fingerprint density at radius 1 is 1.17 bits per heavy atom. The van der Waals surface area contributed by atoms with Crippen molar-refractivity contribution in [3.63, 3.8) is 0 Å². The Morgan fingerprint density at radius 2 is 1.75 bits per heavy atom. The molecule has 0 atom stereocenters. The van der Waals surface area contributed by atoms with Crippen LogP contribution in [0.15, 0.2) is 29.7 Å². The smallest absolute Gasteiger partial charge is 0.377 e. The van der Waals surface area contributed by atoms with Crippen molar-refractivity contribution in [2.75, 3.05) is 46.6 Å². The fraction of sp³-hybridized carbons (Fsp3) is 0.529. The van der Waals surface area contributed by atoms with Crippen molar-refractivity contribution in [2.45, 2.75) is 13.8 Å². The second kappa shape index (κ2) is 9.23. The van der Waals surface area contributed by atoms with Crippen molar-refractivity contribution in [3.05, 3.63) is 35.3 Å². The summed E-state index contributed by atoms with van der Waals surface area (Å²) >= 11 is 0. The number of hydrogen-bond donors (Lipinski definition) is 0. The molecule has 0 aromatic heterocycles. The highest BCUT2D eigenvalue weighted by molar-refractivity contribution is 7.58. The van der Waals surface area contributed by atoms with Crippen LogP contribution in [0.3, 0.4) is 0 Å². The van der Waals surface area contributed by atoms with Gasteiger partial charge in [0, 0.05) is 13.1 Å². The Labute approximate surface area is 143 Å². The van der Waals surface area contributed by atoms with Gasteiger partial charge in [0.25, 0.3) is 0 Å². The molecule has 1 aliphatic rings. The quantitative estimate of drug-likeness (QED) is 0.664. The summed E-state index contributed by atoms with van der Waals surface area (Å²) in [7, 11) is -1.75. The van der Waals surface area contributed by atoms with Crippen molar-refractivity contribution < 1.29 is 23.1 Å². The van der Waals surface area contributed by atoms with Gasteiger partial charge in [0.05, 0.1) is 33.5 Å². The van der Waals surface area contributed by atoms with Crippen LogP contribution in [0.2, 0.25) is 0 Å². The molecule has 0 radical (unpaired) electrons. The molecule has 0 N–H and O–H groups in total. The van der Waals surface area contributed by atoms with Crippen LogP contribution in [-0.4, -0.2) is 51.5 Å². The molecular formula is C17H26NO5P. The Hall–Kier alpha value is -1.33. The third-order valence-corrected chi connectivity index (χ3v) is 5.79. The molecule has 1 aromatic rings. The number of benzene rings is 1. The van der Waals surface area contributed by atoms with E-state index in [1.165, 1.54) is 0 Å². The lowest BCUT2D eigenvalue weighted by molar-refractivity contribution is 0.0549. The van der Waals surface area contributed by atoms with Crippen molar-refractivity contribution in [1.29, 1.82) is 0 Å². The zero-order chi connectivity index (χ0) is 17.4. The summed E-state index contributed by atoms with van der Waals surface area (Å²) < 4.78 is 35.0. The average Bonchev–Trinajstić information content (AvgIpc) is 2.61. The van der Waals surface area contributed by atoms with E-state index < -0.39 is 7.60 Å². The van der Waals surface area contributed by atoms with E-state index >= 15 is 0 Å². The SMILES string of the molecule is CCOP(=O)(OCC)/C(=C\c1ccc(OC)cc1)N1CCOCC1. The predicted molar refractivity (Wildman–Crippen MR) is 94.2 cm³/mol. The third-order valence-electron chi connectivity index (χ3n) is 3.63. The zero-order valence-electron chi connectivity index (χ0n) is 14.6. The maximum atomic E-state index is 13.3.